The maximum atomic E-state index is 13.1. The van der Waals surface area contributed by atoms with Crippen LogP contribution in [0.4, 0.5) is 8.78 Å². The molecule has 0 atom stereocenters. The number of benzene rings is 1. The molecule has 2 aromatic rings. The van der Waals surface area contributed by atoms with Gasteiger partial charge in [-0.15, -0.1) is 11.3 Å². The van der Waals surface area contributed by atoms with Crippen molar-refractivity contribution in [1.82, 2.24) is 0 Å². The average molecular weight is 195 g/mol. The minimum Gasteiger partial charge on any atom is -0.205 e. The molecule has 4 heteroatoms. The van der Waals surface area contributed by atoms with Gasteiger partial charge in [0.25, 0.3) is 0 Å². The zero-order valence-electron chi connectivity index (χ0n) is 6.34. The molecule has 64 valence electrons. The summed E-state index contributed by atoms with van der Waals surface area (Å²) in [6.45, 7) is 0. The maximum Gasteiger partial charge on any atom is 0.142 e. The van der Waals surface area contributed by atoms with Gasteiger partial charge in [-0.1, -0.05) is 0 Å². The number of nitrogens with zero attached hydrogens (tertiary/aromatic N) is 1. The van der Waals surface area contributed by atoms with Crippen LogP contribution in [0.25, 0.3) is 10.1 Å². The normalized spacial score (nSPS) is 10.2. The average Bonchev–Trinajstić information content (AvgIpc) is 2.48. The van der Waals surface area contributed by atoms with E-state index in [1.54, 1.807) is 6.07 Å². The van der Waals surface area contributed by atoms with Crippen LogP contribution in [0, 0.1) is 23.0 Å². The summed E-state index contributed by atoms with van der Waals surface area (Å²) in [5.41, 5.74) is 0.141. The van der Waals surface area contributed by atoms with E-state index in [9.17, 15) is 8.78 Å². The first-order valence-electron chi connectivity index (χ1n) is 3.48. The highest BCUT2D eigenvalue weighted by molar-refractivity contribution is 7.17. The van der Waals surface area contributed by atoms with E-state index in [-0.39, 0.29) is 15.6 Å². The molecule has 0 aliphatic carbocycles. The first-order chi connectivity index (χ1) is 6.22. The molecule has 13 heavy (non-hydrogen) atoms. The molecule has 1 nitrogen and oxygen atoms in total. The summed E-state index contributed by atoms with van der Waals surface area (Å²) in [4.78, 5) is 0. The van der Waals surface area contributed by atoms with Crippen LogP contribution < -0.4 is 0 Å². The number of hydrogen-bond donors (Lipinski definition) is 0. The molecule has 1 heterocycles. The molecule has 0 fully saturated rings. The molecular formula is C9H3F2NS. The van der Waals surface area contributed by atoms with Crippen molar-refractivity contribution in [3.8, 4) is 6.07 Å². The second-order valence-electron chi connectivity index (χ2n) is 2.53. The van der Waals surface area contributed by atoms with Crippen molar-refractivity contribution >= 4 is 21.4 Å². The van der Waals surface area contributed by atoms with Crippen LogP contribution in [0.15, 0.2) is 17.5 Å². The van der Waals surface area contributed by atoms with Crippen molar-refractivity contribution in [3.05, 3.63) is 34.7 Å². The summed E-state index contributed by atoms with van der Waals surface area (Å²) < 4.78 is 26.4. The summed E-state index contributed by atoms with van der Waals surface area (Å²) in [6.07, 6.45) is 0. The summed E-state index contributed by atoms with van der Waals surface area (Å²) in [7, 11) is 0. The number of nitriles is 1. The molecule has 1 aromatic heterocycles. The van der Waals surface area contributed by atoms with Crippen LogP contribution in [-0.4, -0.2) is 0 Å². The molecule has 0 aliphatic rings. The Morgan fingerprint density at radius 3 is 2.69 bits per heavy atom. The third kappa shape index (κ3) is 1.18. The fourth-order valence-electron chi connectivity index (χ4n) is 1.13. The summed E-state index contributed by atoms with van der Waals surface area (Å²) in [6, 6.07) is 4.24. The minimum absolute atomic E-state index is 0.141. The molecule has 0 radical (unpaired) electrons. The van der Waals surface area contributed by atoms with E-state index in [1.165, 1.54) is 11.4 Å². The summed E-state index contributed by atoms with van der Waals surface area (Å²) >= 11 is 1.00. The second kappa shape index (κ2) is 2.79. The van der Waals surface area contributed by atoms with Crippen LogP contribution in [0.1, 0.15) is 5.56 Å². The highest BCUT2D eigenvalue weighted by Gasteiger charge is 2.09. The van der Waals surface area contributed by atoms with E-state index in [4.69, 9.17) is 5.26 Å². The lowest BCUT2D eigenvalue weighted by atomic mass is 10.2. The van der Waals surface area contributed by atoms with Gasteiger partial charge in [0.1, 0.15) is 11.6 Å². The van der Waals surface area contributed by atoms with Crippen molar-refractivity contribution in [1.29, 1.82) is 5.26 Å². The lowest BCUT2D eigenvalue weighted by Gasteiger charge is -1.93. The topological polar surface area (TPSA) is 23.8 Å². The Balaban J connectivity index is 2.90. The lowest BCUT2D eigenvalue weighted by molar-refractivity contribution is 0.634. The Kier molecular flexibility index (Phi) is 1.74. The number of fused-ring (bicyclic) bond motifs is 1. The van der Waals surface area contributed by atoms with E-state index in [2.05, 4.69) is 0 Å². The number of halogens is 2. The predicted molar refractivity (Wildman–Crippen MR) is 46.5 cm³/mol. The Hall–Kier alpha value is -1.47. The van der Waals surface area contributed by atoms with Gasteiger partial charge in [-0.2, -0.15) is 5.26 Å². The molecule has 0 N–H and O–H groups in total. The van der Waals surface area contributed by atoms with E-state index in [0.717, 1.165) is 17.4 Å². The highest BCUT2D eigenvalue weighted by atomic mass is 32.1. The van der Waals surface area contributed by atoms with Crippen molar-refractivity contribution < 1.29 is 8.78 Å². The van der Waals surface area contributed by atoms with Gasteiger partial charge in [0.05, 0.1) is 16.3 Å². The van der Waals surface area contributed by atoms with Crippen molar-refractivity contribution in [3.63, 3.8) is 0 Å². The number of hydrogen-bond acceptors (Lipinski definition) is 2. The molecule has 2 rings (SSSR count). The fraction of sp³-hybridized carbons (Fsp3) is 0. The zero-order chi connectivity index (χ0) is 9.42. The maximum absolute atomic E-state index is 13.1. The molecule has 0 spiro atoms. The Morgan fingerprint density at radius 1 is 1.23 bits per heavy atom. The van der Waals surface area contributed by atoms with E-state index >= 15 is 0 Å². The summed E-state index contributed by atoms with van der Waals surface area (Å²) in [5.74, 6) is -1.01. The van der Waals surface area contributed by atoms with Crippen molar-refractivity contribution in [2.45, 2.75) is 0 Å². The second-order valence-corrected chi connectivity index (χ2v) is 3.41. The van der Waals surface area contributed by atoms with Crippen LogP contribution in [0.2, 0.25) is 0 Å². The molecule has 0 unspecified atom stereocenters. The van der Waals surface area contributed by atoms with Gasteiger partial charge in [0, 0.05) is 10.8 Å². The van der Waals surface area contributed by atoms with Gasteiger partial charge in [0.15, 0.2) is 0 Å². The van der Waals surface area contributed by atoms with Crippen LogP contribution in [-0.2, 0) is 0 Å². The van der Waals surface area contributed by atoms with Gasteiger partial charge < -0.3 is 0 Å². The Bertz CT molecular complexity index is 510. The molecule has 0 bridgehead atoms. The highest BCUT2D eigenvalue weighted by Crippen LogP contribution is 2.28. The van der Waals surface area contributed by atoms with Gasteiger partial charge in [-0.3, -0.25) is 0 Å². The third-order valence-corrected chi connectivity index (χ3v) is 2.69. The molecule has 0 amide bonds. The smallest absolute Gasteiger partial charge is 0.142 e. The van der Waals surface area contributed by atoms with Crippen molar-refractivity contribution in [2.24, 2.45) is 0 Å². The molecule has 0 saturated carbocycles. The first-order valence-corrected chi connectivity index (χ1v) is 4.36. The van der Waals surface area contributed by atoms with Crippen molar-refractivity contribution in [2.75, 3.05) is 0 Å². The van der Waals surface area contributed by atoms with Crippen LogP contribution in [0.3, 0.4) is 0 Å². The van der Waals surface area contributed by atoms with E-state index in [0.29, 0.717) is 0 Å². The molecule has 0 saturated heterocycles. The summed E-state index contributed by atoms with van der Waals surface area (Å²) in [5, 5.41) is 9.93. The van der Waals surface area contributed by atoms with Crippen LogP contribution >= 0.6 is 11.3 Å². The monoisotopic (exact) mass is 195 g/mol. The fourth-order valence-corrected chi connectivity index (χ4v) is 1.93. The Morgan fingerprint density at radius 2 is 2.00 bits per heavy atom. The number of thiophene rings is 1. The van der Waals surface area contributed by atoms with Gasteiger partial charge in [0.2, 0.25) is 0 Å². The third-order valence-electron chi connectivity index (χ3n) is 1.71. The van der Waals surface area contributed by atoms with E-state index < -0.39 is 11.6 Å². The SMILES string of the molecule is N#Cc1cc(F)c2scc(F)c2c1. The largest absolute Gasteiger partial charge is 0.205 e. The lowest BCUT2D eigenvalue weighted by Crippen LogP contribution is -1.80. The van der Waals surface area contributed by atoms with Gasteiger partial charge in [-0.25, -0.2) is 8.78 Å². The Labute approximate surface area is 76.8 Å². The van der Waals surface area contributed by atoms with Crippen LogP contribution in [0.5, 0.6) is 0 Å². The molecule has 1 aromatic carbocycles. The standard InChI is InChI=1S/C9H3F2NS/c10-7-2-5(3-12)1-6-8(11)4-13-9(6)7/h1-2,4H. The molecule has 0 aliphatic heterocycles. The first kappa shape index (κ1) is 8.14. The minimum atomic E-state index is -0.539. The zero-order valence-corrected chi connectivity index (χ0v) is 7.16. The predicted octanol–water partition coefficient (Wildman–Crippen LogP) is 3.05. The van der Waals surface area contributed by atoms with Gasteiger partial charge >= 0.3 is 0 Å². The van der Waals surface area contributed by atoms with E-state index in [1.807, 2.05) is 0 Å². The number of rotatable bonds is 0. The molecular weight excluding hydrogens is 192 g/mol. The van der Waals surface area contributed by atoms with Gasteiger partial charge in [-0.05, 0) is 12.1 Å². The quantitative estimate of drug-likeness (QED) is 0.633.